The molecule has 112 valence electrons. The van der Waals surface area contributed by atoms with Gasteiger partial charge < -0.3 is 10.1 Å². The molecule has 0 aliphatic heterocycles. The lowest BCUT2D eigenvalue weighted by Crippen LogP contribution is -2.20. The van der Waals surface area contributed by atoms with Crippen LogP contribution in [0.3, 0.4) is 0 Å². The molecule has 1 heterocycles. The van der Waals surface area contributed by atoms with E-state index in [2.05, 4.69) is 52.7 Å². The maximum absolute atomic E-state index is 8.59. The molecule has 1 atom stereocenters. The Morgan fingerprint density at radius 3 is 2.76 bits per heavy atom. The van der Waals surface area contributed by atoms with Gasteiger partial charge in [0, 0.05) is 38.5 Å². The van der Waals surface area contributed by atoms with E-state index in [1.807, 2.05) is 19.9 Å². The van der Waals surface area contributed by atoms with Gasteiger partial charge in [0.1, 0.15) is 0 Å². The van der Waals surface area contributed by atoms with E-state index in [0.717, 1.165) is 32.2 Å². The smallest absolute Gasteiger partial charge is 0.0722 e. The first-order chi connectivity index (χ1) is 10.1. The molecule has 0 radical (unpaired) electrons. The van der Waals surface area contributed by atoms with Gasteiger partial charge in [0.05, 0.1) is 12.1 Å². The SMILES string of the molecule is CCOC[C@@H](CC)C(=N)c1cc(C)nc2cc(I)ccc12. The van der Waals surface area contributed by atoms with Gasteiger partial charge in [-0.3, -0.25) is 4.98 Å². The summed E-state index contributed by atoms with van der Waals surface area (Å²) in [7, 11) is 0. The van der Waals surface area contributed by atoms with Gasteiger partial charge in [-0.1, -0.05) is 13.0 Å². The number of hydrogen-bond donors (Lipinski definition) is 1. The van der Waals surface area contributed by atoms with E-state index in [9.17, 15) is 0 Å². The van der Waals surface area contributed by atoms with Crippen LogP contribution in [0.1, 0.15) is 31.5 Å². The molecular formula is C17H21IN2O. The quantitative estimate of drug-likeness (QED) is 0.574. The number of nitrogens with one attached hydrogen (secondary N) is 1. The second-order valence-electron chi connectivity index (χ2n) is 5.15. The van der Waals surface area contributed by atoms with Gasteiger partial charge in [-0.25, -0.2) is 0 Å². The van der Waals surface area contributed by atoms with Crippen LogP contribution < -0.4 is 0 Å². The molecule has 3 nitrogen and oxygen atoms in total. The normalized spacial score (nSPS) is 12.6. The van der Waals surface area contributed by atoms with Crippen LogP contribution in [0.5, 0.6) is 0 Å². The van der Waals surface area contributed by atoms with E-state index in [-0.39, 0.29) is 5.92 Å². The van der Waals surface area contributed by atoms with Crippen LogP contribution >= 0.6 is 22.6 Å². The summed E-state index contributed by atoms with van der Waals surface area (Å²) in [6.07, 6.45) is 0.909. The molecule has 1 N–H and O–H groups in total. The zero-order valence-electron chi connectivity index (χ0n) is 12.7. The molecule has 2 rings (SSSR count). The fourth-order valence-corrected chi connectivity index (χ4v) is 2.92. The number of pyridine rings is 1. The second-order valence-corrected chi connectivity index (χ2v) is 6.40. The minimum atomic E-state index is 0.134. The van der Waals surface area contributed by atoms with E-state index in [0.29, 0.717) is 18.9 Å². The summed E-state index contributed by atoms with van der Waals surface area (Å²) >= 11 is 2.29. The topological polar surface area (TPSA) is 46.0 Å². The molecule has 4 heteroatoms. The molecule has 0 bridgehead atoms. The maximum atomic E-state index is 8.59. The molecule has 2 aromatic rings. The highest BCUT2D eigenvalue weighted by Gasteiger charge is 2.18. The Balaban J connectivity index is 2.46. The molecular weight excluding hydrogens is 375 g/mol. The molecule has 1 aromatic heterocycles. The van der Waals surface area contributed by atoms with Crippen LogP contribution in [0.2, 0.25) is 0 Å². The summed E-state index contributed by atoms with van der Waals surface area (Å²) in [5, 5.41) is 9.64. The highest BCUT2D eigenvalue weighted by molar-refractivity contribution is 14.1. The minimum absolute atomic E-state index is 0.134. The van der Waals surface area contributed by atoms with Crippen molar-refractivity contribution in [2.75, 3.05) is 13.2 Å². The van der Waals surface area contributed by atoms with E-state index >= 15 is 0 Å². The van der Waals surface area contributed by atoms with Crippen molar-refractivity contribution in [3.05, 3.63) is 39.1 Å². The third kappa shape index (κ3) is 3.80. The largest absolute Gasteiger partial charge is 0.381 e. The number of aromatic nitrogens is 1. The summed E-state index contributed by atoms with van der Waals surface area (Å²) in [4.78, 5) is 4.59. The van der Waals surface area contributed by atoms with Gasteiger partial charge in [-0.2, -0.15) is 0 Å². The maximum Gasteiger partial charge on any atom is 0.0722 e. The highest BCUT2D eigenvalue weighted by Crippen LogP contribution is 2.24. The van der Waals surface area contributed by atoms with Crippen LogP contribution in [-0.4, -0.2) is 23.9 Å². The van der Waals surface area contributed by atoms with Crippen molar-refractivity contribution in [3.63, 3.8) is 0 Å². The summed E-state index contributed by atoms with van der Waals surface area (Å²) in [5.41, 5.74) is 3.56. The van der Waals surface area contributed by atoms with Crippen LogP contribution in [0.25, 0.3) is 10.9 Å². The zero-order valence-corrected chi connectivity index (χ0v) is 14.9. The van der Waals surface area contributed by atoms with Gasteiger partial charge in [0.2, 0.25) is 0 Å². The number of fused-ring (bicyclic) bond motifs is 1. The predicted molar refractivity (Wildman–Crippen MR) is 96.3 cm³/mol. The van der Waals surface area contributed by atoms with Crippen LogP contribution in [0.4, 0.5) is 0 Å². The van der Waals surface area contributed by atoms with Gasteiger partial charge in [-0.05, 0) is 61.1 Å². The Bertz CT molecular complexity index is 649. The average Bonchev–Trinajstić information content (AvgIpc) is 2.46. The highest BCUT2D eigenvalue weighted by atomic mass is 127. The molecule has 0 unspecified atom stereocenters. The van der Waals surface area contributed by atoms with Crippen molar-refractivity contribution in [2.24, 2.45) is 5.92 Å². The number of hydrogen-bond acceptors (Lipinski definition) is 3. The Labute approximate surface area is 139 Å². The standard InChI is InChI=1S/C17H21IN2O/c1-4-12(10-21-5-2)17(19)15-8-11(3)20-16-9-13(18)6-7-14(15)16/h6-9,12,19H,4-5,10H2,1-3H3/t12-/m1/s1. The second kappa shape index (κ2) is 7.31. The minimum Gasteiger partial charge on any atom is -0.381 e. The molecule has 0 amide bonds. The van der Waals surface area contributed by atoms with E-state index in [1.165, 1.54) is 0 Å². The predicted octanol–water partition coefficient (Wildman–Crippen LogP) is 4.58. The summed E-state index contributed by atoms with van der Waals surface area (Å²) in [5.74, 6) is 0.134. The zero-order chi connectivity index (χ0) is 15.4. The molecule has 0 saturated carbocycles. The first-order valence-electron chi connectivity index (χ1n) is 7.30. The number of nitrogens with zero attached hydrogens (tertiary/aromatic N) is 1. The fourth-order valence-electron chi connectivity index (χ4n) is 2.44. The molecule has 1 aromatic carbocycles. The molecule has 0 fully saturated rings. The van der Waals surface area contributed by atoms with Gasteiger partial charge >= 0.3 is 0 Å². The van der Waals surface area contributed by atoms with Gasteiger partial charge in [0.25, 0.3) is 0 Å². The van der Waals surface area contributed by atoms with Crippen molar-refractivity contribution in [1.82, 2.24) is 4.98 Å². The van der Waals surface area contributed by atoms with Crippen molar-refractivity contribution in [2.45, 2.75) is 27.2 Å². The van der Waals surface area contributed by atoms with Crippen molar-refractivity contribution in [3.8, 4) is 0 Å². The Hall–Kier alpha value is -1.01. The monoisotopic (exact) mass is 396 g/mol. The van der Waals surface area contributed by atoms with Crippen molar-refractivity contribution in [1.29, 1.82) is 5.41 Å². The molecule has 0 saturated heterocycles. The number of halogens is 1. The van der Waals surface area contributed by atoms with Crippen LogP contribution in [0, 0.1) is 21.8 Å². The Morgan fingerprint density at radius 2 is 2.10 bits per heavy atom. The molecule has 0 aliphatic carbocycles. The van der Waals surface area contributed by atoms with Crippen molar-refractivity contribution < 1.29 is 4.74 Å². The number of rotatable bonds is 6. The average molecular weight is 396 g/mol. The fraction of sp³-hybridized carbons (Fsp3) is 0.412. The summed E-state index contributed by atoms with van der Waals surface area (Å²) in [6, 6.07) is 8.23. The first-order valence-corrected chi connectivity index (χ1v) is 8.38. The van der Waals surface area contributed by atoms with Crippen molar-refractivity contribution >= 4 is 39.2 Å². The third-order valence-electron chi connectivity index (χ3n) is 3.61. The van der Waals surface area contributed by atoms with E-state index in [1.54, 1.807) is 0 Å². The van der Waals surface area contributed by atoms with E-state index in [4.69, 9.17) is 10.1 Å². The van der Waals surface area contributed by atoms with E-state index < -0.39 is 0 Å². The van der Waals surface area contributed by atoms with Gasteiger partial charge in [-0.15, -0.1) is 0 Å². The lowest BCUT2D eigenvalue weighted by atomic mass is 9.92. The number of benzene rings is 1. The Kier molecular flexibility index (Phi) is 5.70. The number of ether oxygens (including phenoxy) is 1. The van der Waals surface area contributed by atoms with Crippen LogP contribution in [0.15, 0.2) is 24.3 Å². The molecule has 0 spiro atoms. The molecule has 21 heavy (non-hydrogen) atoms. The lowest BCUT2D eigenvalue weighted by molar-refractivity contribution is 0.128. The summed E-state index contributed by atoms with van der Waals surface area (Å²) < 4.78 is 6.70. The Morgan fingerprint density at radius 1 is 1.33 bits per heavy atom. The van der Waals surface area contributed by atoms with Crippen LogP contribution in [-0.2, 0) is 4.74 Å². The third-order valence-corrected chi connectivity index (χ3v) is 4.29. The first kappa shape index (κ1) is 16.4. The number of aryl methyl sites for hydroxylation is 1. The lowest BCUT2D eigenvalue weighted by Gasteiger charge is -2.18. The molecule has 0 aliphatic rings. The summed E-state index contributed by atoms with van der Waals surface area (Å²) in [6.45, 7) is 7.39. The van der Waals surface area contributed by atoms with Gasteiger partial charge in [0.15, 0.2) is 0 Å².